The SMILES string of the molecule is CCN(CC)C(=O)CN(C)c1ncnc2c1cnn2-c1ccccc1. The molecule has 0 atom stereocenters. The molecule has 2 aromatic heterocycles. The van der Waals surface area contributed by atoms with Crippen LogP contribution in [0.1, 0.15) is 13.8 Å². The molecule has 1 aromatic carbocycles. The average Bonchev–Trinajstić information content (AvgIpc) is 3.07. The highest BCUT2D eigenvalue weighted by molar-refractivity contribution is 5.90. The predicted octanol–water partition coefficient (Wildman–Crippen LogP) is 2.12. The highest BCUT2D eigenvalue weighted by Gasteiger charge is 2.18. The van der Waals surface area contributed by atoms with Gasteiger partial charge in [-0.1, -0.05) is 18.2 Å². The minimum Gasteiger partial charge on any atom is -0.350 e. The molecular weight excluding hydrogens is 316 g/mol. The van der Waals surface area contributed by atoms with Crippen LogP contribution >= 0.6 is 0 Å². The summed E-state index contributed by atoms with van der Waals surface area (Å²) in [5.41, 5.74) is 1.65. The minimum atomic E-state index is 0.0784. The number of rotatable bonds is 6. The van der Waals surface area contributed by atoms with Crippen LogP contribution in [0, 0.1) is 0 Å². The maximum Gasteiger partial charge on any atom is 0.242 e. The van der Waals surface area contributed by atoms with Gasteiger partial charge in [-0.3, -0.25) is 4.79 Å². The quantitative estimate of drug-likeness (QED) is 0.689. The molecule has 0 fully saturated rings. The van der Waals surface area contributed by atoms with E-state index in [9.17, 15) is 4.79 Å². The largest absolute Gasteiger partial charge is 0.350 e. The van der Waals surface area contributed by atoms with Gasteiger partial charge in [-0.25, -0.2) is 14.6 Å². The van der Waals surface area contributed by atoms with Crippen molar-refractivity contribution in [3.05, 3.63) is 42.9 Å². The second-order valence-electron chi connectivity index (χ2n) is 5.75. The van der Waals surface area contributed by atoms with Crippen molar-refractivity contribution in [3.63, 3.8) is 0 Å². The van der Waals surface area contributed by atoms with Gasteiger partial charge in [0.05, 0.1) is 23.8 Å². The van der Waals surface area contributed by atoms with Gasteiger partial charge in [0.1, 0.15) is 12.1 Å². The summed E-state index contributed by atoms with van der Waals surface area (Å²) in [4.78, 5) is 24.8. The molecule has 7 nitrogen and oxygen atoms in total. The van der Waals surface area contributed by atoms with E-state index in [4.69, 9.17) is 0 Å². The van der Waals surface area contributed by atoms with Crippen LogP contribution in [0.15, 0.2) is 42.9 Å². The molecule has 7 heteroatoms. The van der Waals surface area contributed by atoms with Crippen LogP contribution in [0.25, 0.3) is 16.7 Å². The van der Waals surface area contributed by atoms with E-state index in [2.05, 4.69) is 15.1 Å². The third-order valence-corrected chi connectivity index (χ3v) is 4.20. The smallest absolute Gasteiger partial charge is 0.242 e. The Morgan fingerprint density at radius 2 is 1.84 bits per heavy atom. The number of hydrogen-bond acceptors (Lipinski definition) is 5. The van der Waals surface area contributed by atoms with E-state index < -0.39 is 0 Å². The maximum atomic E-state index is 12.4. The van der Waals surface area contributed by atoms with Gasteiger partial charge < -0.3 is 9.80 Å². The molecule has 0 saturated carbocycles. The van der Waals surface area contributed by atoms with Gasteiger partial charge in [0.15, 0.2) is 5.65 Å². The number of carbonyl (C=O) groups is 1. The Morgan fingerprint density at radius 3 is 2.52 bits per heavy atom. The lowest BCUT2D eigenvalue weighted by atomic mass is 10.3. The predicted molar refractivity (Wildman–Crippen MR) is 97.9 cm³/mol. The first-order valence-corrected chi connectivity index (χ1v) is 8.38. The Balaban J connectivity index is 1.93. The normalized spacial score (nSPS) is 10.8. The summed E-state index contributed by atoms with van der Waals surface area (Å²) in [6.07, 6.45) is 3.26. The zero-order valence-corrected chi connectivity index (χ0v) is 14.8. The van der Waals surface area contributed by atoms with Crippen LogP contribution in [0.4, 0.5) is 5.82 Å². The van der Waals surface area contributed by atoms with E-state index in [1.165, 1.54) is 6.33 Å². The number of hydrogen-bond donors (Lipinski definition) is 0. The van der Waals surface area contributed by atoms with Crippen molar-refractivity contribution in [2.75, 3.05) is 31.6 Å². The van der Waals surface area contributed by atoms with Gasteiger partial charge in [0.25, 0.3) is 0 Å². The number of para-hydroxylation sites is 1. The highest BCUT2D eigenvalue weighted by atomic mass is 16.2. The summed E-state index contributed by atoms with van der Waals surface area (Å²) in [7, 11) is 1.86. The molecule has 0 aliphatic heterocycles. The van der Waals surface area contributed by atoms with Gasteiger partial charge in [0, 0.05) is 20.1 Å². The van der Waals surface area contributed by atoms with Crippen molar-refractivity contribution in [1.29, 1.82) is 0 Å². The lowest BCUT2D eigenvalue weighted by Gasteiger charge is -2.23. The lowest BCUT2D eigenvalue weighted by molar-refractivity contribution is -0.129. The Morgan fingerprint density at radius 1 is 1.12 bits per heavy atom. The first-order valence-electron chi connectivity index (χ1n) is 8.38. The monoisotopic (exact) mass is 338 g/mol. The zero-order chi connectivity index (χ0) is 17.8. The summed E-state index contributed by atoms with van der Waals surface area (Å²) >= 11 is 0. The zero-order valence-electron chi connectivity index (χ0n) is 14.8. The molecule has 25 heavy (non-hydrogen) atoms. The molecule has 0 aliphatic rings. The van der Waals surface area contributed by atoms with E-state index in [1.54, 1.807) is 10.9 Å². The number of amides is 1. The first kappa shape index (κ1) is 16.9. The third-order valence-electron chi connectivity index (χ3n) is 4.20. The molecule has 0 bridgehead atoms. The van der Waals surface area contributed by atoms with Gasteiger partial charge >= 0.3 is 0 Å². The van der Waals surface area contributed by atoms with Crippen LogP contribution in [-0.4, -0.2) is 57.2 Å². The van der Waals surface area contributed by atoms with E-state index >= 15 is 0 Å². The summed E-state index contributed by atoms with van der Waals surface area (Å²) in [5.74, 6) is 0.780. The molecular formula is C18H22N6O. The van der Waals surface area contributed by atoms with Gasteiger partial charge in [-0.05, 0) is 26.0 Å². The van der Waals surface area contributed by atoms with Crippen molar-refractivity contribution in [2.24, 2.45) is 0 Å². The lowest BCUT2D eigenvalue weighted by Crippen LogP contribution is -2.39. The number of carbonyl (C=O) groups excluding carboxylic acids is 1. The minimum absolute atomic E-state index is 0.0784. The van der Waals surface area contributed by atoms with E-state index in [0.717, 1.165) is 16.7 Å². The molecule has 0 saturated heterocycles. The topological polar surface area (TPSA) is 67.2 Å². The molecule has 0 radical (unpaired) electrons. The van der Waals surface area contributed by atoms with Crippen LogP contribution in [0.3, 0.4) is 0 Å². The summed E-state index contributed by atoms with van der Waals surface area (Å²) in [5, 5.41) is 5.27. The van der Waals surface area contributed by atoms with E-state index in [-0.39, 0.29) is 12.5 Å². The Labute approximate surface area is 146 Å². The number of nitrogens with zero attached hydrogens (tertiary/aromatic N) is 6. The van der Waals surface area contributed by atoms with Crippen molar-refractivity contribution in [1.82, 2.24) is 24.6 Å². The van der Waals surface area contributed by atoms with Crippen LogP contribution < -0.4 is 4.90 Å². The van der Waals surface area contributed by atoms with E-state index in [0.29, 0.717) is 18.9 Å². The second kappa shape index (κ2) is 7.29. The molecule has 130 valence electrons. The van der Waals surface area contributed by atoms with Crippen LogP contribution in [-0.2, 0) is 4.79 Å². The summed E-state index contributed by atoms with van der Waals surface area (Å²) in [6.45, 7) is 5.63. The van der Waals surface area contributed by atoms with Crippen LogP contribution in [0.5, 0.6) is 0 Å². The fourth-order valence-electron chi connectivity index (χ4n) is 2.85. The maximum absolute atomic E-state index is 12.4. The Hall–Kier alpha value is -2.96. The molecule has 3 rings (SSSR count). The number of likely N-dealkylation sites (N-methyl/N-ethyl adjacent to an activating group) is 2. The summed E-state index contributed by atoms with van der Waals surface area (Å²) < 4.78 is 1.78. The second-order valence-corrected chi connectivity index (χ2v) is 5.75. The molecule has 3 aromatic rings. The number of anilines is 1. The van der Waals surface area contributed by atoms with E-state index in [1.807, 2.05) is 61.0 Å². The fourth-order valence-corrected chi connectivity index (χ4v) is 2.85. The molecule has 0 N–H and O–H groups in total. The highest BCUT2D eigenvalue weighted by Crippen LogP contribution is 2.23. The Kier molecular flexibility index (Phi) is 4.92. The molecule has 2 heterocycles. The van der Waals surface area contributed by atoms with Crippen molar-refractivity contribution >= 4 is 22.8 Å². The van der Waals surface area contributed by atoms with Crippen molar-refractivity contribution in [2.45, 2.75) is 13.8 Å². The summed E-state index contributed by atoms with van der Waals surface area (Å²) in [6, 6.07) is 9.82. The Bertz CT molecular complexity index is 856. The van der Waals surface area contributed by atoms with Crippen LogP contribution in [0.2, 0.25) is 0 Å². The number of aromatic nitrogens is 4. The molecule has 1 amide bonds. The van der Waals surface area contributed by atoms with Crippen molar-refractivity contribution < 1.29 is 4.79 Å². The standard InChI is InChI=1S/C18H22N6O/c1-4-23(5-2)16(25)12-22(3)17-15-11-21-24(18(15)20-13-19-17)14-9-7-6-8-10-14/h6-11,13H,4-5,12H2,1-3H3. The molecule has 0 spiro atoms. The number of benzene rings is 1. The van der Waals surface area contributed by atoms with Gasteiger partial charge in [0.2, 0.25) is 5.91 Å². The number of fused-ring (bicyclic) bond motifs is 1. The van der Waals surface area contributed by atoms with Crippen molar-refractivity contribution in [3.8, 4) is 5.69 Å². The molecule has 0 aliphatic carbocycles. The fraction of sp³-hybridized carbons (Fsp3) is 0.333. The average molecular weight is 338 g/mol. The first-order chi connectivity index (χ1) is 12.2. The van der Waals surface area contributed by atoms with Gasteiger partial charge in [-0.15, -0.1) is 0 Å². The third kappa shape index (κ3) is 3.31. The molecule has 0 unspecified atom stereocenters. The van der Waals surface area contributed by atoms with Gasteiger partial charge in [-0.2, -0.15) is 5.10 Å².